The van der Waals surface area contributed by atoms with Crippen LogP contribution in [0.1, 0.15) is 10.4 Å². The molecule has 4 heteroatoms. The zero-order chi connectivity index (χ0) is 17.1. The number of hydrogen-bond donors (Lipinski definition) is 0. The van der Waals surface area contributed by atoms with Crippen molar-refractivity contribution in [2.45, 2.75) is 6.54 Å². The van der Waals surface area contributed by atoms with Crippen LogP contribution >= 0.6 is 17.0 Å². The van der Waals surface area contributed by atoms with Gasteiger partial charge in [0.25, 0.3) is 6.33 Å². The summed E-state index contributed by atoms with van der Waals surface area (Å²) in [4.78, 5) is 16.8. The Labute approximate surface area is 162 Å². The molecule has 0 aliphatic rings. The van der Waals surface area contributed by atoms with Gasteiger partial charge in [-0.2, -0.15) is 0 Å². The summed E-state index contributed by atoms with van der Waals surface area (Å²) >= 11 is 0. The van der Waals surface area contributed by atoms with E-state index in [-0.39, 0.29) is 29.3 Å². The van der Waals surface area contributed by atoms with Crippen molar-refractivity contribution >= 4 is 33.5 Å². The highest BCUT2D eigenvalue weighted by atomic mass is 79.9. The Morgan fingerprint density at radius 3 is 2.31 bits per heavy atom. The minimum Gasteiger partial charge on any atom is -0.290 e. The van der Waals surface area contributed by atoms with Crippen LogP contribution in [-0.2, 0) is 6.54 Å². The minimum atomic E-state index is 0. The van der Waals surface area contributed by atoms with Crippen LogP contribution in [0.5, 0.6) is 0 Å². The van der Waals surface area contributed by atoms with Crippen LogP contribution in [-0.4, -0.2) is 10.8 Å². The molecule has 0 amide bonds. The summed E-state index contributed by atoms with van der Waals surface area (Å²) in [6.07, 6.45) is 3.61. The van der Waals surface area contributed by atoms with Crippen molar-refractivity contribution in [3.63, 3.8) is 0 Å². The van der Waals surface area contributed by atoms with E-state index in [1.165, 1.54) is 10.8 Å². The third-order valence-corrected chi connectivity index (χ3v) is 4.24. The van der Waals surface area contributed by atoms with Crippen molar-refractivity contribution < 1.29 is 9.36 Å². The van der Waals surface area contributed by atoms with E-state index in [1.807, 2.05) is 54.7 Å². The number of benzene rings is 3. The molecule has 0 aliphatic carbocycles. The summed E-state index contributed by atoms with van der Waals surface area (Å²) in [6.45, 7) is 0.287. The summed E-state index contributed by atoms with van der Waals surface area (Å²) in [5.41, 5.74) is 2.68. The SMILES string of the molecule is Br.O=C(C[n+]1ccc(-c2ccc3ccccc3c2)nc1)c1ccccc1. The summed E-state index contributed by atoms with van der Waals surface area (Å²) in [7, 11) is 0. The van der Waals surface area contributed by atoms with Crippen LogP contribution < -0.4 is 4.57 Å². The number of ketones is 1. The van der Waals surface area contributed by atoms with Gasteiger partial charge in [-0.15, -0.1) is 17.0 Å². The lowest BCUT2D eigenvalue weighted by Gasteiger charge is -2.02. The molecule has 4 aromatic rings. The predicted octanol–water partition coefficient (Wildman–Crippen LogP) is 4.65. The quantitative estimate of drug-likeness (QED) is 0.365. The van der Waals surface area contributed by atoms with Crippen molar-refractivity contribution in [3.8, 4) is 11.3 Å². The monoisotopic (exact) mass is 405 g/mol. The minimum absolute atomic E-state index is 0. The second-order valence-corrected chi connectivity index (χ2v) is 5.97. The van der Waals surface area contributed by atoms with E-state index in [9.17, 15) is 4.79 Å². The fourth-order valence-electron chi connectivity index (χ4n) is 2.88. The maximum Gasteiger partial charge on any atom is 0.287 e. The van der Waals surface area contributed by atoms with Gasteiger partial charge in [-0.1, -0.05) is 60.7 Å². The van der Waals surface area contributed by atoms with Gasteiger partial charge in [0, 0.05) is 17.2 Å². The number of Topliss-reactive ketones (excluding diaryl/α,β-unsaturated/α-hetero) is 1. The van der Waals surface area contributed by atoms with Gasteiger partial charge in [0.2, 0.25) is 5.78 Å². The molecule has 0 saturated carbocycles. The molecule has 1 heterocycles. The molecule has 1 aromatic heterocycles. The Bertz CT molecular complexity index is 1030. The van der Waals surface area contributed by atoms with Crippen LogP contribution in [0, 0.1) is 0 Å². The molecule has 0 atom stereocenters. The average Bonchev–Trinajstić information content (AvgIpc) is 2.69. The fourth-order valence-corrected chi connectivity index (χ4v) is 2.88. The molecule has 0 spiro atoms. The third-order valence-electron chi connectivity index (χ3n) is 4.24. The van der Waals surface area contributed by atoms with E-state index in [2.05, 4.69) is 35.3 Å². The molecule has 26 heavy (non-hydrogen) atoms. The lowest BCUT2D eigenvalue weighted by molar-refractivity contribution is -0.686. The van der Waals surface area contributed by atoms with Gasteiger partial charge in [-0.3, -0.25) is 4.79 Å². The second kappa shape index (κ2) is 8.02. The smallest absolute Gasteiger partial charge is 0.287 e. The zero-order valence-corrected chi connectivity index (χ0v) is 15.8. The summed E-state index contributed by atoms with van der Waals surface area (Å²) in [5, 5.41) is 2.41. The molecule has 128 valence electrons. The molecule has 3 nitrogen and oxygen atoms in total. The van der Waals surface area contributed by atoms with Gasteiger partial charge in [-0.25, -0.2) is 4.57 Å². The number of aromatic nitrogens is 2. The molecule has 0 unspecified atom stereocenters. The molecule has 0 saturated heterocycles. The van der Waals surface area contributed by atoms with Crippen molar-refractivity contribution in [1.82, 2.24) is 4.98 Å². The standard InChI is InChI=1S/C22H17N2O.BrH/c25-22(18-7-2-1-3-8-18)15-24-13-12-21(23-16-24)20-11-10-17-6-4-5-9-19(17)14-20;/h1-14,16H,15H2;1H/q+1;. The van der Waals surface area contributed by atoms with Crippen molar-refractivity contribution in [3.05, 3.63) is 97.0 Å². The van der Waals surface area contributed by atoms with E-state index in [0.717, 1.165) is 11.3 Å². The first kappa shape index (κ1) is 18.0. The number of halogens is 1. The van der Waals surface area contributed by atoms with E-state index >= 15 is 0 Å². The Morgan fingerprint density at radius 1 is 0.846 bits per heavy atom. The Hall–Kier alpha value is -2.85. The topological polar surface area (TPSA) is 33.8 Å². The highest BCUT2D eigenvalue weighted by molar-refractivity contribution is 8.93. The third kappa shape index (κ3) is 3.86. The molecule has 0 N–H and O–H groups in total. The molecule has 4 rings (SSSR count). The molecular weight excluding hydrogens is 388 g/mol. The first-order valence-electron chi connectivity index (χ1n) is 8.22. The highest BCUT2D eigenvalue weighted by Crippen LogP contribution is 2.22. The molecule has 0 bridgehead atoms. The second-order valence-electron chi connectivity index (χ2n) is 5.97. The summed E-state index contributed by atoms with van der Waals surface area (Å²) in [6, 6.07) is 25.8. The van der Waals surface area contributed by atoms with E-state index in [1.54, 1.807) is 10.9 Å². The van der Waals surface area contributed by atoms with Crippen molar-refractivity contribution in [1.29, 1.82) is 0 Å². The van der Waals surface area contributed by atoms with Crippen molar-refractivity contribution in [2.75, 3.05) is 0 Å². The van der Waals surface area contributed by atoms with E-state index < -0.39 is 0 Å². The van der Waals surface area contributed by atoms with Gasteiger partial charge < -0.3 is 0 Å². The zero-order valence-electron chi connectivity index (χ0n) is 14.1. The number of rotatable bonds is 4. The fraction of sp³-hybridized carbons (Fsp3) is 0.0455. The van der Waals surface area contributed by atoms with Crippen molar-refractivity contribution in [2.24, 2.45) is 0 Å². The lowest BCUT2D eigenvalue weighted by Crippen LogP contribution is -2.37. The average molecular weight is 406 g/mol. The van der Waals surface area contributed by atoms with E-state index in [0.29, 0.717) is 5.56 Å². The molecule has 0 radical (unpaired) electrons. The van der Waals surface area contributed by atoms with Crippen LogP contribution in [0.2, 0.25) is 0 Å². The van der Waals surface area contributed by atoms with Crippen LogP contribution in [0.3, 0.4) is 0 Å². The normalized spacial score (nSPS) is 10.3. The number of fused-ring (bicyclic) bond motifs is 1. The van der Waals surface area contributed by atoms with Gasteiger partial charge in [-0.05, 0) is 27.9 Å². The molecule has 0 fully saturated rings. The summed E-state index contributed by atoms with van der Waals surface area (Å²) in [5.74, 6) is 0.0749. The number of hydrogen-bond acceptors (Lipinski definition) is 2. The van der Waals surface area contributed by atoms with Crippen LogP contribution in [0.4, 0.5) is 0 Å². The van der Waals surface area contributed by atoms with Gasteiger partial charge in [0.05, 0.1) is 6.20 Å². The Balaban J connectivity index is 0.00000196. The first-order valence-corrected chi connectivity index (χ1v) is 8.22. The molecule has 0 aliphatic heterocycles. The lowest BCUT2D eigenvalue weighted by atomic mass is 10.1. The number of nitrogens with zero attached hydrogens (tertiary/aromatic N) is 2. The first-order chi connectivity index (χ1) is 12.3. The summed E-state index contributed by atoms with van der Waals surface area (Å²) < 4.78 is 1.81. The van der Waals surface area contributed by atoms with Gasteiger partial charge in [0.1, 0.15) is 0 Å². The maximum absolute atomic E-state index is 12.3. The van der Waals surface area contributed by atoms with Gasteiger partial charge in [0.15, 0.2) is 12.2 Å². The van der Waals surface area contributed by atoms with Gasteiger partial charge >= 0.3 is 0 Å². The number of carbonyl (C=O) groups is 1. The largest absolute Gasteiger partial charge is 0.290 e. The maximum atomic E-state index is 12.3. The van der Waals surface area contributed by atoms with E-state index in [4.69, 9.17) is 0 Å². The predicted molar refractivity (Wildman–Crippen MR) is 108 cm³/mol. The molecule has 3 aromatic carbocycles. The van der Waals surface area contributed by atoms with Crippen LogP contribution in [0.15, 0.2) is 91.4 Å². The highest BCUT2D eigenvalue weighted by Gasteiger charge is 2.11. The Kier molecular flexibility index (Phi) is 5.54. The van der Waals surface area contributed by atoms with Crippen LogP contribution in [0.25, 0.3) is 22.0 Å². The Morgan fingerprint density at radius 2 is 1.58 bits per heavy atom. The molecular formula is C22H18BrN2O+. The number of carbonyl (C=O) groups excluding carboxylic acids is 1.